The summed E-state index contributed by atoms with van der Waals surface area (Å²) in [6.45, 7) is 4.05. The minimum absolute atomic E-state index is 0.151. The Morgan fingerprint density at radius 1 is 1.43 bits per heavy atom. The summed E-state index contributed by atoms with van der Waals surface area (Å²) in [5, 5.41) is 8.18. The van der Waals surface area contributed by atoms with Crippen molar-refractivity contribution < 1.29 is 4.79 Å². The van der Waals surface area contributed by atoms with Gasteiger partial charge in [0.25, 0.3) is 5.91 Å². The molecule has 124 valence electrons. The highest BCUT2D eigenvalue weighted by atomic mass is 32.2. The number of carbonyl (C=O) groups excluding carboxylic acids is 1. The summed E-state index contributed by atoms with van der Waals surface area (Å²) < 4.78 is 3.10. The van der Waals surface area contributed by atoms with Crippen molar-refractivity contribution in [3.05, 3.63) is 28.9 Å². The Balaban J connectivity index is 1.58. The van der Waals surface area contributed by atoms with E-state index in [0.717, 1.165) is 42.3 Å². The summed E-state index contributed by atoms with van der Waals surface area (Å²) in [6.07, 6.45) is 3.72. The third kappa shape index (κ3) is 3.76. The largest absolute Gasteiger partial charge is 0.338 e. The molecule has 0 saturated carbocycles. The van der Waals surface area contributed by atoms with E-state index in [2.05, 4.69) is 17.2 Å². The van der Waals surface area contributed by atoms with Crippen molar-refractivity contribution in [2.45, 2.75) is 36.6 Å². The smallest absolute Gasteiger partial charge is 0.263 e. The quantitative estimate of drug-likeness (QED) is 0.837. The van der Waals surface area contributed by atoms with E-state index in [1.54, 1.807) is 23.1 Å². The zero-order chi connectivity index (χ0) is 16.2. The number of piperidine rings is 1. The molecule has 0 atom stereocenters. The van der Waals surface area contributed by atoms with Crippen molar-refractivity contribution in [3.8, 4) is 0 Å². The molecule has 1 saturated heterocycles. The fourth-order valence-corrected chi connectivity index (χ4v) is 4.74. The summed E-state index contributed by atoms with van der Waals surface area (Å²) >= 11 is 3.37. The van der Waals surface area contributed by atoms with Crippen LogP contribution in [-0.4, -0.2) is 44.6 Å². The Morgan fingerprint density at radius 3 is 2.87 bits per heavy atom. The summed E-state index contributed by atoms with van der Waals surface area (Å²) in [5.74, 6) is 1.18. The third-order valence-electron chi connectivity index (χ3n) is 3.97. The Labute approximate surface area is 144 Å². The van der Waals surface area contributed by atoms with Crippen LogP contribution < -0.4 is 5.73 Å². The molecule has 0 spiro atoms. The molecule has 0 unspecified atom stereocenters. The van der Waals surface area contributed by atoms with Crippen molar-refractivity contribution in [1.82, 2.24) is 19.9 Å². The molecule has 1 amide bonds. The molecule has 2 aromatic heterocycles. The Morgan fingerprint density at radius 2 is 2.22 bits per heavy atom. The zero-order valence-electron chi connectivity index (χ0n) is 13.1. The highest BCUT2D eigenvalue weighted by Gasteiger charge is 2.26. The molecule has 23 heavy (non-hydrogen) atoms. The van der Waals surface area contributed by atoms with Crippen LogP contribution in [0, 0.1) is 0 Å². The molecule has 8 heteroatoms. The summed E-state index contributed by atoms with van der Waals surface area (Å²) in [5.41, 5.74) is 6.38. The second kappa shape index (κ2) is 7.46. The minimum atomic E-state index is 0.151. The van der Waals surface area contributed by atoms with Gasteiger partial charge in [0.15, 0.2) is 0 Å². The molecule has 1 aliphatic heterocycles. The van der Waals surface area contributed by atoms with Crippen LogP contribution in [0.3, 0.4) is 0 Å². The second-order valence-corrected chi connectivity index (χ2v) is 8.12. The average Bonchev–Trinajstić information content (AvgIpc) is 3.24. The van der Waals surface area contributed by atoms with Crippen LogP contribution in [0.4, 0.5) is 0 Å². The van der Waals surface area contributed by atoms with E-state index in [1.807, 2.05) is 27.9 Å². The van der Waals surface area contributed by atoms with Crippen molar-refractivity contribution in [2.75, 3.05) is 18.8 Å². The van der Waals surface area contributed by atoms with Crippen molar-refractivity contribution >= 4 is 29.0 Å². The van der Waals surface area contributed by atoms with Gasteiger partial charge in [0, 0.05) is 19.6 Å². The lowest BCUT2D eigenvalue weighted by Crippen LogP contribution is -2.38. The maximum Gasteiger partial charge on any atom is 0.263 e. The maximum absolute atomic E-state index is 12.6. The normalized spacial score (nSPS) is 16.0. The molecular formula is C15H21N5OS2. The topological polar surface area (TPSA) is 77.0 Å². The Kier molecular flexibility index (Phi) is 5.34. The van der Waals surface area contributed by atoms with E-state index in [9.17, 15) is 4.79 Å². The number of nitrogens with zero attached hydrogens (tertiary/aromatic N) is 4. The fraction of sp³-hybridized carbons (Fsp3) is 0.533. The predicted molar refractivity (Wildman–Crippen MR) is 92.8 cm³/mol. The Hall–Kier alpha value is -1.38. The maximum atomic E-state index is 12.6. The van der Waals surface area contributed by atoms with Crippen LogP contribution in [0.15, 0.2) is 22.5 Å². The first kappa shape index (κ1) is 16.5. The molecule has 0 bridgehead atoms. The molecule has 0 radical (unpaired) electrons. The number of rotatable bonds is 5. The first-order valence-electron chi connectivity index (χ1n) is 7.84. The van der Waals surface area contributed by atoms with Gasteiger partial charge in [-0.2, -0.15) is 0 Å². The molecule has 2 N–H and O–H groups in total. The second-order valence-electron chi connectivity index (χ2n) is 5.47. The lowest BCUT2D eigenvalue weighted by atomic mass is 10.1. The van der Waals surface area contributed by atoms with Crippen molar-refractivity contribution in [3.63, 3.8) is 0 Å². The van der Waals surface area contributed by atoms with Crippen LogP contribution in [0.2, 0.25) is 0 Å². The summed E-state index contributed by atoms with van der Waals surface area (Å²) in [7, 11) is 0. The highest BCUT2D eigenvalue weighted by molar-refractivity contribution is 8.01. The molecule has 6 nitrogen and oxygen atoms in total. The van der Waals surface area contributed by atoms with Gasteiger partial charge in [-0.05, 0) is 30.7 Å². The van der Waals surface area contributed by atoms with Gasteiger partial charge in [0.2, 0.25) is 0 Å². The first-order valence-corrected chi connectivity index (χ1v) is 9.64. The van der Waals surface area contributed by atoms with Crippen molar-refractivity contribution in [1.29, 1.82) is 0 Å². The van der Waals surface area contributed by atoms with Crippen LogP contribution in [0.5, 0.6) is 0 Å². The molecule has 2 aromatic rings. The Bertz CT molecular complexity index is 660. The highest BCUT2D eigenvalue weighted by Crippen LogP contribution is 2.29. The molecule has 0 aliphatic carbocycles. The molecule has 1 aliphatic rings. The number of carbonyl (C=O) groups is 1. The predicted octanol–water partition coefficient (Wildman–Crippen LogP) is 2.39. The lowest BCUT2D eigenvalue weighted by Gasteiger charge is -2.31. The number of likely N-dealkylation sites (tertiary alicyclic amines) is 1. The monoisotopic (exact) mass is 351 g/mol. The van der Waals surface area contributed by atoms with Gasteiger partial charge in [-0.25, -0.2) is 4.68 Å². The van der Waals surface area contributed by atoms with Gasteiger partial charge in [-0.3, -0.25) is 4.79 Å². The number of thiophene rings is 1. The average molecular weight is 352 g/mol. The van der Waals surface area contributed by atoms with Crippen LogP contribution in [0.25, 0.3) is 0 Å². The zero-order valence-corrected chi connectivity index (χ0v) is 14.8. The van der Waals surface area contributed by atoms with Gasteiger partial charge in [-0.15, -0.1) is 28.2 Å². The van der Waals surface area contributed by atoms with E-state index < -0.39 is 0 Å². The standard InChI is InChI=1S/C15H21N5OS2/c1-2-22-14-4-3-13(23-14)15(21)19-7-5-12(6-8-19)20-10-11(9-16)17-18-20/h3-4,10,12H,2,5-9,16H2,1H3. The van der Waals surface area contributed by atoms with E-state index >= 15 is 0 Å². The number of thioether (sulfide) groups is 1. The molecule has 3 rings (SSSR count). The summed E-state index contributed by atoms with van der Waals surface area (Å²) in [4.78, 5) is 15.4. The number of hydrogen-bond acceptors (Lipinski definition) is 6. The van der Waals surface area contributed by atoms with E-state index in [1.165, 1.54) is 4.21 Å². The molecular weight excluding hydrogens is 330 g/mol. The van der Waals surface area contributed by atoms with Gasteiger partial charge >= 0.3 is 0 Å². The SMILES string of the molecule is CCSc1ccc(C(=O)N2CCC(n3cc(CN)nn3)CC2)s1. The van der Waals surface area contributed by atoms with Crippen molar-refractivity contribution in [2.24, 2.45) is 5.73 Å². The van der Waals surface area contributed by atoms with Gasteiger partial charge in [-0.1, -0.05) is 12.1 Å². The lowest BCUT2D eigenvalue weighted by molar-refractivity contribution is 0.0694. The van der Waals surface area contributed by atoms with Gasteiger partial charge in [0.05, 0.1) is 27.0 Å². The number of aromatic nitrogens is 3. The fourth-order valence-electron chi connectivity index (χ4n) is 2.73. The van der Waals surface area contributed by atoms with Gasteiger partial charge in [0.1, 0.15) is 0 Å². The number of amides is 1. The number of nitrogens with two attached hydrogens (primary N) is 1. The van der Waals surface area contributed by atoms with Crippen LogP contribution >= 0.6 is 23.1 Å². The van der Waals surface area contributed by atoms with Gasteiger partial charge < -0.3 is 10.6 Å². The van der Waals surface area contributed by atoms with E-state index in [-0.39, 0.29) is 5.91 Å². The van der Waals surface area contributed by atoms with E-state index in [4.69, 9.17) is 5.73 Å². The minimum Gasteiger partial charge on any atom is -0.338 e. The molecule has 0 aromatic carbocycles. The summed E-state index contributed by atoms with van der Waals surface area (Å²) in [6, 6.07) is 4.30. The molecule has 1 fully saturated rings. The molecule has 3 heterocycles. The van der Waals surface area contributed by atoms with Crippen LogP contribution in [-0.2, 0) is 6.54 Å². The van der Waals surface area contributed by atoms with Crippen LogP contribution in [0.1, 0.15) is 41.2 Å². The third-order valence-corrected chi connectivity index (χ3v) is 6.15. The van der Waals surface area contributed by atoms with E-state index in [0.29, 0.717) is 12.6 Å². The number of hydrogen-bond donors (Lipinski definition) is 1. The first-order chi connectivity index (χ1) is 11.2.